The first-order valence-corrected chi connectivity index (χ1v) is 7.68. The fourth-order valence-electron chi connectivity index (χ4n) is 2.54. The third-order valence-corrected chi connectivity index (χ3v) is 3.99. The lowest BCUT2D eigenvalue weighted by Gasteiger charge is -2.23. The van der Waals surface area contributed by atoms with Crippen LogP contribution in [0.5, 0.6) is 0 Å². The maximum absolute atomic E-state index is 13.1. The summed E-state index contributed by atoms with van der Waals surface area (Å²) in [5.74, 6) is -0.0227. The van der Waals surface area contributed by atoms with Crippen LogP contribution >= 0.6 is 0 Å². The highest BCUT2D eigenvalue weighted by Gasteiger charge is 2.19. The van der Waals surface area contributed by atoms with Gasteiger partial charge in [0.2, 0.25) is 0 Å². The molecule has 0 spiro atoms. The second-order valence-electron chi connectivity index (χ2n) is 5.61. The quantitative estimate of drug-likeness (QED) is 0.644. The molecule has 0 aromatic heterocycles. The zero-order valence-electron chi connectivity index (χ0n) is 13.4. The number of amides is 1. The van der Waals surface area contributed by atoms with Crippen LogP contribution in [0.3, 0.4) is 0 Å². The average molecular weight is 301 g/mol. The van der Waals surface area contributed by atoms with Crippen molar-refractivity contribution in [3.8, 4) is 0 Å². The van der Waals surface area contributed by atoms with Crippen LogP contribution in [-0.2, 0) is 0 Å². The molecule has 0 saturated heterocycles. The maximum Gasteiger partial charge on any atom is 0.262 e. The van der Waals surface area contributed by atoms with Crippen molar-refractivity contribution in [2.75, 3.05) is 4.90 Å². The van der Waals surface area contributed by atoms with Gasteiger partial charge < -0.3 is 0 Å². The first kappa shape index (κ1) is 15.0. The van der Waals surface area contributed by atoms with Gasteiger partial charge in [0.15, 0.2) is 0 Å². The molecule has 3 aromatic rings. The second kappa shape index (κ2) is 6.49. The van der Waals surface area contributed by atoms with Gasteiger partial charge in [-0.15, -0.1) is 0 Å². The number of hydrogen-bond donors (Lipinski definition) is 0. The van der Waals surface area contributed by atoms with Crippen molar-refractivity contribution in [3.05, 3.63) is 95.6 Å². The van der Waals surface area contributed by atoms with Crippen LogP contribution in [0.2, 0.25) is 0 Å². The van der Waals surface area contributed by atoms with Gasteiger partial charge in [-0.1, -0.05) is 42.5 Å². The number of aryl methyl sites for hydroxylation is 2. The Kier molecular flexibility index (Phi) is 4.24. The Balaban J connectivity index is 2.08. The zero-order chi connectivity index (χ0) is 16.2. The van der Waals surface area contributed by atoms with Gasteiger partial charge in [0.05, 0.1) is 0 Å². The molecule has 0 radical (unpaired) electrons. The van der Waals surface area contributed by atoms with Crippen LogP contribution in [0.1, 0.15) is 21.5 Å². The number of rotatable bonds is 3. The topological polar surface area (TPSA) is 20.3 Å². The van der Waals surface area contributed by atoms with Crippen molar-refractivity contribution in [1.29, 1.82) is 0 Å². The lowest BCUT2D eigenvalue weighted by molar-refractivity contribution is 0.0999. The summed E-state index contributed by atoms with van der Waals surface area (Å²) in [5, 5.41) is 0. The summed E-state index contributed by atoms with van der Waals surface area (Å²) in [7, 11) is 0. The van der Waals surface area contributed by atoms with Crippen LogP contribution in [0.25, 0.3) is 0 Å². The Morgan fingerprint density at radius 3 is 1.70 bits per heavy atom. The molecule has 0 atom stereocenters. The van der Waals surface area contributed by atoms with E-state index < -0.39 is 0 Å². The Morgan fingerprint density at radius 1 is 0.696 bits per heavy atom. The van der Waals surface area contributed by atoms with Crippen LogP contribution in [0, 0.1) is 13.8 Å². The van der Waals surface area contributed by atoms with Gasteiger partial charge in [0.1, 0.15) is 0 Å². The molecule has 0 aliphatic carbocycles. The minimum Gasteiger partial charge on any atom is -0.277 e. The zero-order valence-corrected chi connectivity index (χ0v) is 13.4. The number of carbonyl (C=O) groups excluding carboxylic acids is 1. The molecule has 2 nitrogen and oxygen atoms in total. The predicted molar refractivity (Wildman–Crippen MR) is 95.3 cm³/mol. The van der Waals surface area contributed by atoms with E-state index in [4.69, 9.17) is 0 Å². The van der Waals surface area contributed by atoms with E-state index in [-0.39, 0.29) is 5.91 Å². The molecule has 0 unspecified atom stereocenters. The molecule has 3 rings (SSSR count). The Bertz CT molecular complexity index is 770. The predicted octanol–water partition coefficient (Wildman–Crippen LogP) is 5.28. The van der Waals surface area contributed by atoms with Crippen molar-refractivity contribution in [3.63, 3.8) is 0 Å². The summed E-state index contributed by atoms with van der Waals surface area (Å²) in [6.07, 6.45) is 0. The summed E-state index contributed by atoms with van der Waals surface area (Å²) in [6, 6.07) is 25.3. The van der Waals surface area contributed by atoms with E-state index in [1.165, 1.54) is 5.56 Å². The Labute approximate surface area is 137 Å². The number of anilines is 2. The fraction of sp³-hybridized carbons (Fsp3) is 0.0952. The molecule has 0 aliphatic heterocycles. The minimum absolute atomic E-state index is 0.0227. The number of hydrogen-bond acceptors (Lipinski definition) is 1. The molecule has 1 amide bonds. The Morgan fingerprint density at radius 2 is 1.22 bits per heavy atom. The fourth-order valence-corrected chi connectivity index (χ4v) is 2.54. The van der Waals surface area contributed by atoms with E-state index in [2.05, 4.69) is 6.92 Å². The van der Waals surface area contributed by atoms with E-state index in [1.807, 2.05) is 85.8 Å². The van der Waals surface area contributed by atoms with Gasteiger partial charge in [0.25, 0.3) is 5.91 Å². The number of benzene rings is 3. The summed E-state index contributed by atoms with van der Waals surface area (Å²) < 4.78 is 0. The third-order valence-electron chi connectivity index (χ3n) is 3.99. The average Bonchev–Trinajstić information content (AvgIpc) is 2.59. The van der Waals surface area contributed by atoms with E-state index >= 15 is 0 Å². The number of para-hydroxylation sites is 2. The first-order valence-electron chi connectivity index (χ1n) is 7.68. The molecular weight excluding hydrogens is 282 g/mol. The molecule has 0 heterocycles. The number of nitrogens with zero attached hydrogens (tertiary/aromatic N) is 1. The normalized spacial score (nSPS) is 10.3. The highest BCUT2D eigenvalue weighted by atomic mass is 16.2. The van der Waals surface area contributed by atoms with E-state index in [0.717, 1.165) is 16.9 Å². The minimum atomic E-state index is -0.0227. The largest absolute Gasteiger partial charge is 0.277 e. The Hall–Kier alpha value is -2.87. The molecular formula is C21H19NO. The van der Waals surface area contributed by atoms with Crippen LogP contribution in [-0.4, -0.2) is 5.91 Å². The van der Waals surface area contributed by atoms with Crippen LogP contribution in [0.15, 0.2) is 78.9 Å². The maximum atomic E-state index is 13.1. The molecule has 0 aliphatic rings. The van der Waals surface area contributed by atoms with Crippen LogP contribution in [0.4, 0.5) is 11.4 Å². The SMILES string of the molecule is Cc1ccc(C(=O)N(c2ccccc2)c2ccccc2)cc1C. The first-order chi connectivity index (χ1) is 11.2. The van der Waals surface area contributed by atoms with Crippen molar-refractivity contribution in [2.45, 2.75) is 13.8 Å². The van der Waals surface area contributed by atoms with Gasteiger partial charge in [0, 0.05) is 16.9 Å². The van der Waals surface area contributed by atoms with Crippen molar-refractivity contribution < 1.29 is 4.79 Å². The molecule has 0 saturated carbocycles. The molecule has 0 N–H and O–H groups in total. The molecule has 3 aromatic carbocycles. The van der Waals surface area contributed by atoms with Gasteiger partial charge in [-0.2, -0.15) is 0 Å². The summed E-state index contributed by atoms with van der Waals surface area (Å²) in [4.78, 5) is 14.9. The summed E-state index contributed by atoms with van der Waals surface area (Å²) >= 11 is 0. The van der Waals surface area contributed by atoms with Crippen molar-refractivity contribution >= 4 is 17.3 Å². The molecule has 114 valence electrons. The van der Waals surface area contributed by atoms with Crippen molar-refractivity contribution in [2.24, 2.45) is 0 Å². The third kappa shape index (κ3) is 3.16. The molecule has 2 heteroatoms. The molecule has 0 fully saturated rings. The highest BCUT2D eigenvalue weighted by Crippen LogP contribution is 2.27. The van der Waals surface area contributed by atoms with Gasteiger partial charge in [-0.3, -0.25) is 9.69 Å². The van der Waals surface area contributed by atoms with Gasteiger partial charge in [-0.25, -0.2) is 0 Å². The van der Waals surface area contributed by atoms with Gasteiger partial charge in [-0.05, 0) is 61.4 Å². The lowest BCUT2D eigenvalue weighted by Crippen LogP contribution is -2.26. The van der Waals surface area contributed by atoms with Crippen molar-refractivity contribution in [1.82, 2.24) is 0 Å². The van der Waals surface area contributed by atoms with Crippen LogP contribution < -0.4 is 4.90 Å². The van der Waals surface area contributed by atoms with E-state index in [9.17, 15) is 4.79 Å². The number of carbonyl (C=O) groups is 1. The van der Waals surface area contributed by atoms with Gasteiger partial charge >= 0.3 is 0 Å². The van der Waals surface area contributed by atoms with E-state index in [1.54, 1.807) is 4.90 Å². The molecule has 23 heavy (non-hydrogen) atoms. The standard InChI is InChI=1S/C21H19NO/c1-16-13-14-18(15-17(16)2)21(23)22(19-9-5-3-6-10-19)20-11-7-4-8-12-20/h3-15H,1-2H3. The summed E-state index contributed by atoms with van der Waals surface area (Å²) in [5.41, 5.74) is 4.73. The summed E-state index contributed by atoms with van der Waals surface area (Å²) in [6.45, 7) is 4.08. The smallest absolute Gasteiger partial charge is 0.262 e. The lowest BCUT2D eigenvalue weighted by atomic mass is 10.0. The molecule has 0 bridgehead atoms. The van der Waals surface area contributed by atoms with E-state index in [0.29, 0.717) is 5.56 Å². The highest BCUT2D eigenvalue weighted by molar-refractivity contribution is 6.11. The second-order valence-corrected chi connectivity index (χ2v) is 5.61. The monoisotopic (exact) mass is 301 g/mol.